The van der Waals surface area contributed by atoms with Crippen LogP contribution >= 0.6 is 0 Å². The molecule has 2 fully saturated rings. The minimum absolute atomic E-state index is 0.00945. The number of anilines is 2. The van der Waals surface area contributed by atoms with Crippen LogP contribution in [0.4, 0.5) is 16.2 Å². The third-order valence-corrected chi connectivity index (χ3v) is 8.58. The average molecular weight is 520 g/mol. The number of rotatable bonds is 4. The van der Waals surface area contributed by atoms with Gasteiger partial charge in [0.1, 0.15) is 0 Å². The van der Waals surface area contributed by atoms with Crippen LogP contribution in [0.5, 0.6) is 0 Å². The summed E-state index contributed by atoms with van der Waals surface area (Å²) in [5.74, 6) is 0.178. The normalized spacial score (nSPS) is 25.4. The summed E-state index contributed by atoms with van der Waals surface area (Å²) in [6.07, 6.45) is 4.46. The average Bonchev–Trinajstić information content (AvgIpc) is 3.43. The van der Waals surface area contributed by atoms with Gasteiger partial charge in [0.05, 0.1) is 29.6 Å². The van der Waals surface area contributed by atoms with Gasteiger partial charge in [-0.15, -0.1) is 0 Å². The number of nitrogens with one attached hydrogen (secondary N) is 3. The molecule has 6 rings (SSSR count). The molecule has 3 aliphatic rings. The van der Waals surface area contributed by atoms with Crippen LogP contribution in [-0.2, 0) is 4.79 Å². The number of hydrogen-bond donors (Lipinski definition) is 3. The lowest BCUT2D eigenvalue weighted by Crippen LogP contribution is -2.51. The Morgan fingerprint density at radius 2 is 1.64 bits per heavy atom. The molecule has 0 bridgehead atoms. The molecule has 7 nitrogen and oxygen atoms in total. The van der Waals surface area contributed by atoms with E-state index in [1.807, 2.05) is 12.1 Å². The number of nitrogens with zero attached hydrogens (tertiary/aromatic N) is 2. The standard InChI is InChI=1S/C32H33N5O2/c33-20-21-14-16-23(17-15-21)34-32(39)36-28-13-7-5-11-25(28)31(38)37-19-18-26-29(22-8-2-1-3-9-22)35-27-12-6-4-10-24(27)30(26)37/h1-4,6,8-10,12,14-17,25-26,28-30,35H,5,7,11,13,18-19H2,(H2,34,36,39)/t25-,26-,28+,29-,30-/m0/s1. The van der Waals surface area contributed by atoms with Gasteiger partial charge in [-0.2, -0.15) is 5.26 Å². The van der Waals surface area contributed by atoms with Crippen LogP contribution in [0.1, 0.15) is 60.9 Å². The van der Waals surface area contributed by atoms with Crippen molar-refractivity contribution in [1.82, 2.24) is 10.2 Å². The smallest absolute Gasteiger partial charge is 0.319 e. The van der Waals surface area contributed by atoms with Gasteiger partial charge in [0.15, 0.2) is 0 Å². The van der Waals surface area contributed by atoms with Gasteiger partial charge in [-0.05, 0) is 60.7 Å². The Kier molecular flexibility index (Phi) is 6.93. The maximum absolute atomic E-state index is 14.2. The van der Waals surface area contributed by atoms with Gasteiger partial charge in [0.2, 0.25) is 5.91 Å². The monoisotopic (exact) mass is 519 g/mol. The lowest BCUT2D eigenvalue weighted by Gasteiger charge is -2.42. The second-order valence-electron chi connectivity index (χ2n) is 10.8. The predicted molar refractivity (Wildman–Crippen MR) is 151 cm³/mol. The fourth-order valence-electron chi connectivity index (χ4n) is 6.74. The highest BCUT2D eigenvalue weighted by atomic mass is 16.2. The number of urea groups is 1. The summed E-state index contributed by atoms with van der Waals surface area (Å²) in [5.41, 5.74) is 4.67. The van der Waals surface area contributed by atoms with Crippen molar-refractivity contribution < 1.29 is 9.59 Å². The van der Waals surface area contributed by atoms with Gasteiger partial charge in [0, 0.05) is 29.9 Å². The van der Waals surface area contributed by atoms with Crippen LogP contribution in [0.15, 0.2) is 78.9 Å². The Balaban J connectivity index is 1.21. The van der Waals surface area contributed by atoms with Crippen LogP contribution in [-0.4, -0.2) is 29.4 Å². The lowest BCUT2D eigenvalue weighted by atomic mass is 9.79. The highest BCUT2D eigenvalue weighted by Gasteiger charge is 2.48. The fourth-order valence-corrected chi connectivity index (χ4v) is 6.74. The Morgan fingerprint density at radius 1 is 0.897 bits per heavy atom. The first-order valence-electron chi connectivity index (χ1n) is 13.9. The molecule has 2 aliphatic heterocycles. The van der Waals surface area contributed by atoms with E-state index in [0.717, 1.165) is 37.8 Å². The number of nitriles is 1. The second-order valence-corrected chi connectivity index (χ2v) is 10.8. The molecule has 198 valence electrons. The van der Waals surface area contributed by atoms with Crippen LogP contribution in [0.3, 0.4) is 0 Å². The van der Waals surface area contributed by atoms with E-state index in [1.54, 1.807) is 24.3 Å². The molecule has 0 radical (unpaired) electrons. The highest BCUT2D eigenvalue weighted by molar-refractivity contribution is 5.90. The number of carbonyl (C=O) groups excluding carboxylic acids is 2. The first-order valence-corrected chi connectivity index (χ1v) is 13.9. The largest absolute Gasteiger partial charge is 0.378 e. The molecule has 7 heteroatoms. The number of hydrogen-bond acceptors (Lipinski definition) is 4. The SMILES string of the molecule is N#Cc1ccc(NC(=O)N[C@@H]2CCCC[C@@H]2C(=O)N2CC[C@H]3[C@H](c4ccccc4)Nc4ccccc4[C@@H]32)cc1. The minimum atomic E-state index is -0.319. The molecular formula is C32H33N5O2. The molecule has 1 saturated heterocycles. The van der Waals surface area contributed by atoms with E-state index in [9.17, 15) is 9.59 Å². The third-order valence-electron chi connectivity index (χ3n) is 8.58. The van der Waals surface area contributed by atoms with Crippen molar-refractivity contribution in [2.75, 3.05) is 17.2 Å². The van der Waals surface area contributed by atoms with E-state index < -0.39 is 0 Å². The lowest BCUT2D eigenvalue weighted by molar-refractivity contribution is -0.138. The van der Waals surface area contributed by atoms with E-state index in [-0.39, 0.29) is 41.9 Å². The molecule has 3 N–H and O–H groups in total. The Morgan fingerprint density at radius 3 is 2.44 bits per heavy atom. The maximum atomic E-state index is 14.2. The number of para-hydroxylation sites is 1. The van der Waals surface area contributed by atoms with E-state index in [2.05, 4.69) is 69.4 Å². The van der Waals surface area contributed by atoms with Crippen molar-refractivity contribution in [2.24, 2.45) is 11.8 Å². The fraction of sp³-hybridized carbons (Fsp3) is 0.344. The van der Waals surface area contributed by atoms with E-state index >= 15 is 0 Å². The predicted octanol–water partition coefficient (Wildman–Crippen LogP) is 6.00. The summed E-state index contributed by atoms with van der Waals surface area (Å²) in [6, 6.07) is 27.3. The quantitative estimate of drug-likeness (QED) is 0.394. The molecule has 3 aromatic rings. The molecule has 39 heavy (non-hydrogen) atoms. The third kappa shape index (κ3) is 4.95. The Labute approximate surface area is 229 Å². The van der Waals surface area contributed by atoms with Crippen LogP contribution < -0.4 is 16.0 Å². The number of likely N-dealkylation sites (tertiary alicyclic amines) is 1. The zero-order valence-electron chi connectivity index (χ0n) is 21.8. The Bertz CT molecular complexity index is 1380. The molecular weight excluding hydrogens is 486 g/mol. The van der Waals surface area contributed by atoms with E-state index in [0.29, 0.717) is 17.8 Å². The summed E-state index contributed by atoms with van der Waals surface area (Å²) in [6.45, 7) is 0.716. The topological polar surface area (TPSA) is 97.3 Å². The summed E-state index contributed by atoms with van der Waals surface area (Å²) < 4.78 is 0. The second kappa shape index (κ2) is 10.8. The van der Waals surface area contributed by atoms with Gasteiger partial charge in [-0.25, -0.2) is 4.79 Å². The van der Waals surface area contributed by atoms with Crippen molar-refractivity contribution >= 4 is 23.3 Å². The van der Waals surface area contributed by atoms with Crippen LogP contribution in [0, 0.1) is 23.2 Å². The minimum Gasteiger partial charge on any atom is -0.378 e. The van der Waals surface area contributed by atoms with Gasteiger partial charge < -0.3 is 20.9 Å². The molecule has 1 aliphatic carbocycles. The van der Waals surface area contributed by atoms with Crippen molar-refractivity contribution in [3.05, 3.63) is 95.6 Å². The molecule has 2 heterocycles. The molecule has 1 saturated carbocycles. The maximum Gasteiger partial charge on any atom is 0.319 e. The van der Waals surface area contributed by atoms with Gasteiger partial charge >= 0.3 is 6.03 Å². The number of benzene rings is 3. The van der Waals surface area contributed by atoms with Crippen molar-refractivity contribution in [2.45, 2.75) is 50.2 Å². The highest BCUT2D eigenvalue weighted by Crippen LogP contribution is 2.51. The summed E-state index contributed by atoms with van der Waals surface area (Å²) >= 11 is 0. The first-order chi connectivity index (χ1) is 19.1. The first kappa shape index (κ1) is 25.0. The van der Waals surface area contributed by atoms with Gasteiger partial charge in [-0.1, -0.05) is 61.4 Å². The van der Waals surface area contributed by atoms with Crippen LogP contribution in [0.25, 0.3) is 0 Å². The van der Waals surface area contributed by atoms with Crippen molar-refractivity contribution in [3.63, 3.8) is 0 Å². The zero-order chi connectivity index (χ0) is 26.8. The van der Waals surface area contributed by atoms with E-state index in [4.69, 9.17) is 5.26 Å². The zero-order valence-corrected chi connectivity index (χ0v) is 21.8. The summed E-state index contributed by atoms with van der Waals surface area (Å²) in [7, 11) is 0. The summed E-state index contributed by atoms with van der Waals surface area (Å²) in [5, 5.41) is 18.7. The molecule has 0 spiro atoms. The number of amides is 3. The van der Waals surface area contributed by atoms with Crippen molar-refractivity contribution in [3.8, 4) is 6.07 Å². The number of carbonyl (C=O) groups is 2. The molecule has 5 atom stereocenters. The van der Waals surface area contributed by atoms with Gasteiger partial charge in [0.25, 0.3) is 0 Å². The Hall–Kier alpha value is -4.31. The van der Waals surface area contributed by atoms with Crippen LogP contribution in [0.2, 0.25) is 0 Å². The number of fused-ring (bicyclic) bond motifs is 3. The van der Waals surface area contributed by atoms with Crippen molar-refractivity contribution in [1.29, 1.82) is 5.26 Å². The summed E-state index contributed by atoms with van der Waals surface area (Å²) in [4.78, 5) is 29.2. The van der Waals surface area contributed by atoms with E-state index in [1.165, 1.54) is 11.1 Å². The molecule has 0 unspecified atom stereocenters. The molecule has 3 amide bonds. The molecule has 3 aromatic carbocycles. The van der Waals surface area contributed by atoms with Gasteiger partial charge in [-0.3, -0.25) is 4.79 Å². The molecule has 0 aromatic heterocycles.